The monoisotopic (exact) mass is 319 g/mol. The summed E-state index contributed by atoms with van der Waals surface area (Å²) in [6, 6.07) is 10.9. The first kappa shape index (κ1) is 14.5. The minimum atomic E-state index is 0.315. The second kappa shape index (κ2) is 5.62. The Hall–Kier alpha value is -0.890. The van der Waals surface area contributed by atoms with Gasteiger partial charge in [0.05, 0.1) is 5.52 Å². The zero-order chi connectivity index (χ0) is 14.0. The number of aryl methyl sites for hydroxylation is 2. The first-order valence-corrected chi connectivity index (χ1v) is 7.78. The van der Waals surface area contributed by atoms with Crippen LogP contribution in [0.2, 0.25) is 0 Å². The van der Waals surface area contributed by atoms with E-state index in [4.69, 9.17) is 0 Å². The van der Waals surface area contributed by atoms with Gasteiger partial charge in [0, 0.05) is 15.9 Å². The van der Waals surface area contributed by atoms with E-state index in [2.05, 4.69) is 72.0 Å². The fraction of sp³-hybridized carbons (Fsp3) is 0.471. The molecule has 2 rings (SSSR count). The molecule has 19 heavy (non-hydrogen) atoms. The average molecular weight is 320 g/mol. The van der Waals surface area contributed by atoms with Gasteiger partial charge in [-0.25, -0.2) is 0 Å². The van der Waals surface area contributed by atoms with E-state index < -0.39 is 0 Å². The molecular weight excluding hydrogens is 298 g/mol. The van der Waals surface area contributed by atoms with Crippen LogP contribution in [0.3, 0.4) is 0 Å². The molecule has 0 amide bonds. The van der Waals surface area contributed by atoms with Gasteiger partial charge >= 0.3 is 0 Å². The van der Waals surface area contributed by atoms with Gasteiger partial charge in [0.2, 0.25) is 0 Å². The van der Waals surface area contributed by atoms with Gasteiger partial charge in [-0.15, -0.1) is 0 Å². The first-order chi connectivity index (χ1) is 8.86. The van der Waals surface area contributed by atoms with Crippen molar-refractivity contribution in [1.82, 2.24) is 4.98 Å². The molecule has 0 radical (unpaired) electrons. The molecule has 2 aromatic rings. The molecule has 0 N–H and O–H groups in total. The number of alkyl halides is 1. The number of benzene rings is 1. The molecule has 0 spiro atoms. The van der Waals surface area contributed by atoms with Gasteiger partial charge in [0.25, 0.3) is 0 Å². The lowest BCUT2D eigenvalue weighted by molar-refractivity contribution is 0.386. The third kappa shape index (κ3) is 3.79. The Kier molecular flexibility index (Phi) is 4.29. The van der Waals surface area contributed by atoms with E-state index in [1.54, 1.807) is 0 Å². The maximum Gasteiger partial charge on any atom is 0.0705 e. The van der Waals surface area contributed by atoms with Crippen molar-refractivity contribution in [1.29, 1.82) is 0 Å². The molecule has 1 atom stereocenters. The highest BCUT2D eigenvalue weighted by Gasteiger charge is 2.21. The molecular formula is C17H22BrN. The molecule has 0 saturated carbocycles. The summed E-state index contributed by atoms with van der Waals surface area (Å²) >= 11 is 3.80. The lowest BCUT2D eigenvalue weighted by Gasteiger charge is -2.25. The van der Waals surface area contributed by atoms with E-state index in [1.807, 2.05) is 6.92 Å². The van der Waals surface area contributed by atoms with Gasteiger partial charge in [0.1, 0.15) is 0 Å². The van der Waals surface area contributed by atoms with Gasteiger partial charge in [-0.05, 0) is 48.9 Å². The SMILES string of the molecule is Cc1ccc2cc(CCC(Br)C(C)(C)C)ccc2n1. The Morgan fingerprint density at radius 3 is 2.58 bits per heavy atom. The van der Waals surface area contributed by atoms with Crippen LogP contribution in [0.5, 0.6) is 0 Å². The molecule has 0 saturated heterocycles. The number of pyridine rings is 1. The predicted molar refractivity (Wildman–Crippen MR) is 87.0 cm³/mol. The number of rotatable bonds is 3. The molecule has 1 aromatic carbocycles. The molecule has 0 aliphatic carbocycles. The van der Waals surface area contributed by atoms with Gasteiger partial charge in [-0.2, -0.15) is 0 Å². The number of halogens is 1. The Morgan fingerprint density at radius 2 is 1.89 bits per heavy atom. The summed E-state index contributed by atoms with van der Waals surface area (Å²) in [6.45, 7) is 8.87. The van der Waals surface area contributed by atoms with E-state index in [-0.39, 0.29) is 0 Å². The van der Waals surface area contributed by atoms with Crippen molar-refractivity contribution in [3.63, 3.8) is 0 Å². The van der Waals surface area contributed by atoms with Crippen LogP contribution in [0.25, 0.3) is 10.9 Å². The molecule has 0 bridgehead atoms. The minimum absolute atomic E-state index is 0.315. The van der Waals surface area contributed by atoms with Gasteiger partial charge in [0.15, 0.2) is 0 Å². The summed E-state index contributed by atoms with van der Waals surface area (Å²) in [7, 11) is 0. The van der Waals surface area contributed by atoms with E-state index in [9.17, 15) is 0 Å². The van der Waals surface area contributed by atoms with E-state index in [0.717, 1.165) is 24.1 Å². The van der Waals surface area contributed by atoms with Crippen molar-refractivity contribution in [3.05, 3.63) is 41.6 Å². The average Bonchev–Trinajstić information content (AvgIpc) is 2.34. The van der Waals surface area contributed by atoms with Crippen LogP contribution in [-0.2, 0) is 6.42 Å². The predicted octanol–water partition coefficient (Wildman–Crippen LogP) is 5.29. The van der Waals surface area contributed by atoms with Gasteiger partial charge in [-0.1, -0.05) is 48.8 Å². The number of hydrogen-bond acceptors (Lipinski definition) is 1. The fourth-order valence-electron chi connectivity index (χ4n) is 2.16. The van der Waals surface area contributed by atoms with Crippen LogP contribution >= 0.6 is 15.9 Å². The summed E-state index contributed by atoms with van der Waals surface area (Å²) in [5, 5.41) is 1.24. The largest absolute Gasteiger partial charge is 0.253 e. The van der Waals surface area contributed by atoms with Crippen LogP contribution in [0.15, 0.2) is 30.3 Å². The highest BCUT2D eigenvalue weighted by molar-refractivity contribution is 9.09. The maximum absolute atomic E-state index is 4.54. The van der Waals surface area contributed by atoms with E-state index >= 15 is 0 Å². The van der Waals surface area contributed by atoms with Crippen molar-refractivity contribution in [3.8, 4) is 0 Å². The Bertz CT molecular complexity index is 569. The molecule has 0 fully saturated rings. The number of nitrogens with zero attached hydrogens (tertiary/aromatic N) is 1. The molecule has 1 nitrogen and oxygen atoms in total. The second-order valence-corrected chi connectivity index (χ2v) is 7.46. The number of aromatic nitrogens is 1. The minimum Gasteiger partial charge on any atom is -0.253 e. The quantitative estimate of drug-likeness (QED) is 0.701. The number of fused-ring (bicyclic) bond motifs is 1. The summed E-state index contributed by atoms with van der Waals surface area (Å²) in [4.78, 5) is 5.09. The molecule has 0 aliphatic rings. The number of hydrogen-bond donors (Lipinski definition) is 0. The molecule has 0 aliphatic heterocycles. The Morgan fingerprint density at radius 1 is 1.16 bits per heavy atom. The Labute approximate surface area is 124 Å². The topological polar surface area (TPSA) is 12.9 Å². The lowest BCUT2D eigenvalue weighted by Crippen LogP contribution is -2.20. The summed E-state index contributed by atoms with van der Waals surface area (Å²) in [5.74, 6) is 0. The van der Waals surface area contributed by atoms with Crippen molar-refractivity contribution in [2.45, 2.75) is 45.4 Å². The van der Waals surface area contributed by atoms with Crippen LogP contribution in [0.1, 0.15) is 38.4 Å². The van der Waals surface area contributed by atoms with Crippen LogP contribution < -0.4 is 0 Å². The summed E-state index contributed by atoms with van der Waals surface area (Å²) < 4.78 is 0. The van der Waals surface area contributed by atoms with Crippen LogP contribution in [0.4, 0.5) is 0 Å². The third-order valence-corrected chi connectivity index (χ3v) is 5.35. The van der Waals surface area contributed by atoms with Crippen molar-refractivity contribution in [2.75, 3.05) is 0 Å². The highest BCUT2D eigenvalue weighted by atomic mass is 79.9. The fourth-order valence-corrected chi connectivity index (χ4v) is 2.39. The first-order valence-electron chi connectivity index (χ1n) is 6.86. The smallest absolute Gasteiger partial charge is 0.0705 e. The van der Waals surface area contributed by atoms with E-state index in [1.165, 1.54) is 10.9 Å². The third-order valence-electron chi connectivity index (χ3n) is 3.52. The lowest BCUT2D eigenvalue weighted by atomic mass is 9.88. The zero-order valence-electron chi connectivity index (χ0n) is 12.2. The normalized spacial score (nSPS) is 13.7. The molecule has 1 aromatic heterocycles. The van der Waals surface area contributed by atoms with Crippen molar-refractivity contribution < 1.29 is 0 Å². The van der Waals surface area contributed by atoms with Gasteiger partial charge in [-0.3, -0.25) is 4.98 Å². The van der Waals surface area contributed by atoms with E-state index in [0.29, 0.717) is 10.2 Å². The molecule has 1 heterocycles. The Balaban J connectivity index is 2.12. The standard InChI is InChI=1S/C17H22BrN/c1-12-5-8-14-11-13(6-9-15(14)19-12)7-10-16(18)17(2,3)4/h5-6,8-9,11,16H,7,10H2,1-4H3. The zero-order valence-corrected chi connectivity index (χ0v) is 13.8. The maximum atomic E-state index is 4.54. The second-order valence-electron chi connectivity index (χ2n) is 6.35. The summed E-state index contributed by atoms with van der Waals surface area (Å²) in [5.41, 5.74) is 3.88. The highest BCUT2D eigenvalue weighted by Crippen LogP contribution is 2.30. The van der Waals surface area contributed by atoms with Gasteiger partial charge < -0.3 is 0 Å². The van der Waals surface area contributed by atoms with Crippen molar-refractivity contribution in [2.24, 2.45) is 5.41 Å². The van der Waals surface area contributed by atoms with Crippen LogP contribution in [0, 0.1) is 12.3 Å². The van der Waals surface area contributed by atoms with Crippen molar-refractivity contribution >= 4 is 26.8 Å². The molecule has 2 heteroatoms. The molecule has 102 valence electrons. The van der Waals surface area contributed by atoms with Crippen LogP contribution in [-0.4, -0.2) is 9.81 Å². The molecule has 1 unspecified atom stereocenters. The summed E-state index contributed by atoms with van der Waals surface area (Å²) in [6.07, 6.45) is 2.27.